The first-order valence-corrected chi connectivity index (χ1v) is 10.0. The minimum absolute atomic E-state index is 0.00107. The molecule has 0 spiro atoms. The number of rotatable bonds is 10. The van der Waals surface area contributed by atoms with Crippen LogP contribution in [0.2, 0.25) is 0 Å². The summed E-state index contributed by atoms with van der Waals surface area (Å²) in [5.74, 6) is -2.56. The van der Waals surface area contributed by atoms with E-state index < -0.39 is 30.9 Å². The number of hydrogen-bond acceptors (Lipinski definition) is 8. The van der Waals surface area contributed by atoms with Crippen LogP contribution in [0.1, 0.15) is 43.1 Å². The molecule has 1 aromatic heterocycles. The zero-order valence-corrected chi connectivity index (χ0v) is 17.0. The van der Waals surface area contributed by atoms with Gasteiger partial charge in [-0.25, -0.2) is 4.98 Å². The van der Waals surface area contributed by atoms with Gasteiger partial charge < -0.3 is 30.3 Å². The Balaban J connectivity index is 2.10. The van der Waals surface area contributed by atoms with Crippen LogP contribution in [0, 0.1) is 0 Å². The maximum atomic E-state index is 12.8. The van der Waals surface area contributed by atoms with Crippen LogP contribution >= 0.6 is 0 Å². The molecule has 11 nitrogen and oxygen atoms in total. The smallest absolute Gasteiger partial charge is 0.426 e. The Labute approximate surface area is 175 Å². The number of ether oxygens (including phenoxy) is 1. The van der Waals surface area contributed by atoms with Crippen LogP contribution in [-0.4, -0.2) is 88.0 Å². The van der Waals surface area contributed by atoms with Gasteiger partial charge in [-0.05, 0) is 6.42 Å². The van der Waals surface area contributed by atoms with Gasteiger partial charge in [0.1, 0.15) is 11.7 Å². The SMILES string of the molecule is CCCC[C@H](NC(=O)C(CC(=O)N1CCOCC1)NC(=O)c1cnccn1)B(O)O. The average molecular weight is 421 g/mol. The fraction of sp³-hybridized carbons (Fsp3) is 0.611. The van der Waals surface area contributed by atoms with Gasteiger partial charge in [0.15, 0.2) is 0 Å². The molecule has 164 valence electrons. The van der Waals surface area contributed by atoms with E-state index in [1.165, 1.54) is 18.6 Å². The Bertz CT molecular complexity index is 702. The summed E-state index contributed by atoms with van der Waals surface area (Å²) >= 11 is 0. The monoisotopic (exact) mass is 421 g/mol. The second-order valence-corrected chi connectivity index (χ2v) is 6.98. The summed E-state index contributed by atoms with van der Waals surface area (Å²) in [7, 11) is -1.76. The Morgan fingerprint density at radius 1 is 1.23 bits per heavy atom. The van der Waals surface area contributed by atoms with Gasteiger partial charge in [-0.2, -0.15) is 0 Å². The van der Waals surface area contributed by atoms with E-state index >= 15 is 0 Å². The van der Waals surface area contributed by atoms with Crippen molar-refractivity contribution in [3.8, 4) is 0 Å². The van der Waals surface area contributed by atoms with E-state index in [1.54, 1.807) is 4.90 Å². The maximum absolute atomic E-state index is 12.8. The van der Waals surface area contributed by atoms with E-state index in [2.05, 4.69) is 20.6 Å². The summed E-state index contributed by atoms with van der Waals surface area (Å²) in [4.78, 5) is 47.2. The molecule has 1 fully saturated rings. The van der Waals surface area contributed by atoms with Crippen molar-refractivity contribution >= 4 is 24.8 Å². The lowest BCUT2D eigenvalue weighted by Gasteiger charge is -2.29. The first-order chi connectivity index (χ1) is 14.4. The number of hydrogen-bond donors (Lipinski definition) is 4. The number of nitrogens with zero attached hydrogens (tertiary/aromatic N) is 3. The number of carbonyl (C=O) groups excluding carboxylic acids is 3. The molecule has 1 aromatic rings. The molecule has 30 heavy (non-hydrogen) atoms. The molecule has 2 rings (SSSR count). The fourth-order valence-corrected chi connectivity index (χ4v) is 2.98. The zero-order valence-electron chi connectivity index (χ0n) is 17.0. The summed E-state index contributed by atoms with van der Waals surface area (Å²) in [6.45, 7) is 3.56. The van der Waals surface area contributed by atoms with E-state index in [0.29, 0.717) is 39.1 Å². The van der Waals surface area contributed by atoms with Crippen molar-refractivity contribution in [2.75, 3.05) is 26.3 Å². The summed E-state index contributed by atoms with van der Waals surface area (Å²) in [6, 6.07) is -1.21. The van der Waals surface area contributed by atoms with Gasteiger partial charge in [-0.1, -0.05) is 19.8 Å². The van der Waals surface area contributed by atoms with Crippen molar-refractivity contribution in [1.29, 1.82) is 0 Å². The maximum Gasteiger partial charge on any atom is 0.475 e. The molecule has 0 aromatic carbocycles. The first kappa shape index (κ1) is 23.7. The van der Waals surface area contributed by atoms with E-state index in [9.17, 15) is 24.4 Å². The molecule has 3 amide bonds. The summed E-state index contributed by atoms with van der Waals surface area (Å²) < 4.78 is 5.23. The van der Waals surface area contributed by atoms with Crippen molar-refractivity contribution in [2.24, 2.45) is 0 Å². The third-order valence-corrected chi connectivity index (χ3v) is 4.72. The van der Waals surface area contributed by atoms with Gasteiger partial charge in [-0.15, -0.1) is 0 Å². The molecule has 1 aliphatic heterocycles. The highest BCUT2D eigenvalue weighted by Gasteiger charge is 2.32. The number of carbonyl (C=O) groups is 3. The van der Waals surface area contributed by atoms with Gasteiger partial charge in [0, 0.05) is 25.5 Å². The van der Waals surface area contributed by atoms with E-state index in [0.717, 1.165) is 6.42 Å². The van der Waals surface area contributed by atoms with Crippen molar-refractivity contribution < 1.29 is 29.2 Å². The lowest BCUT2D eigenvalue weighted by molar-refractivity contribution is -0.138. The predicted molar refractivity (Wildman–Crippen MR) is 107 cm³/mol. The van der Waals surface area contributed by atoms with E-state index in [1.807, 2.05) is 6.92 Å². The van der Waals surface area contributed by atoms with Crippen LogP contribution < -0.4 is 10.6 Å². The number of morpholine rings is 1. The molecule has 1 saturated heterocycles. The molecule has 2 atom stereocenters. The van der Waals surface area contributed by atoms with Crippen LogP contribution in [0.25, 0.3) is 0 Å². The highest BCUT2D eigenvalue weighted by Crippen LogP contribution is 2.07. The van der Waals surface area contributed by atoms with Crippen LogP contribution in [-0.2, 0) is 14.3 Å². The first-order valence-electron chi connectivity index (χ1n) is 10.0. The molecule has 4 N–H and O–H groups in total. The molecule has 0 bridgehead atoms. The number of unbranched alkanes of at least 4 members (excludes halogenated alkanes) is 1. The standard InChI is InChI=1S/C18H28BN5O6/c1-2-3-4-15(19(28)29)23-17(26)13(11-16(25)24-7-9-30-10-8-24)22-18(27)14-12-20-5-6-21-14/h5-6,12-13,15,28-29H,2-4,7-11H2,1H3,(H,22,27)(H,23,26)/t13?,15-/m0/s1. The molecular formula is C18H28BN5O6. The van der Waals surface area contributed by atoms with Crippen molar-refractivity contribution in [3.05, 3.63) is 24.3 Å². The van der Waals surface area contributed by atoms with Crippen LogP contribution in [0.5, 0.6) is 0 Å². The average Bonchev–Trinajstić information content (AvgIpc) is 2.76. The highest BCUT2D eigenvalue weighted by atomic mass is 16.5. The molecular weight excluding hydrogens is 393 g/mol. The number of nitrogens with one attached hydrogen (secondary N) is 2. The third kappa shape index (κ3) is 7.36. The molecule has 1 unspecified atom stereocenters. The lowest BCUT2D eigenvalue weighted by Crippen LogP contribution is -2.55. The summed E-state index contributed by atoms with van der Waals surface area (Å²) in [5.41, 5.74) is -0.00107. The summed E-state index contributed by atoms with van der Waals surface area (Å²) in [5, 5.41) is 24.2. The Morgan fingerprint density at radius 2 is 1.97 bits per heavy atom. The zero-order chi connectivity index (χ0) is 21.9. The molecule has 2 heterocycles. The Hall–Kier alpha value is -2.57. The predicted octanol–water partition coefficient (Wildman–Crippen LogP) is -1.49. The van der Waals surface area contributed by atoms with Gasteiger partial charge in [0.25, 0.3) is 5.91 Å². The molecule has 0 radical (unpaired) electrons. The lowest BCUT2D eigenvalue weighted by atomic mass is 9.76. The molecule has 0 saturated carbocycles. The third-order valence-electron chi connectivity index (χ3n) is 4.72. The van der Waals surface area contributed by atoms with Gasteiger partial charge in [0.2, 0.25) is 11.8 Å². The highest BCUT2D eigenvalue weighted by molar-refractivity contribution is 6.43. The normalized spacial score (nSPS) is 15.8. The van der Waals surface area contributed by atoms with Gasteiger partial charge in [-0.3, -0.25) is 19.4 Å². The molecule has 1 aliphatic rings. The van der Waals surface area contributed by atoms with Crippen LogP contribution in [0.4, 0.5) is 0 Å². The Kier molecular flexibility index (Phi) is 9.65. The number of aromatic nitrogens is 2. The quantitative estimate of drug-likeness (QED) is 0.333. The second kappa shape index (κ2) is 12.2. The van der Waals surface area contributed by atoms with Crippen LogP contribution in [0.3, 0.4) is 0 Å². The van der Waals surface area contributed by atoms with Crippen molar-refractivity contribution in [2.45, 2.75) is 44.6 Å². The van der Waals surface area contributed by atoms with E-state index in [-0.39, 0.29) is 18.0 Å². The Morgan fingerprint density at radius 3 is 2.57 bits per heavy atom. The van der Waals surface area contributed by atoms with Crippen molar-refractivity contribution in [3.63, 3.8) is 0 Å². The topological polar surface area (TPSA) is 154 Å². The minimum atomic E-state index is -1.76. The van der Waals surface area contributed by atoms with Crippen molar-refractivity contribution in [1.82, 2.24) is 25.5 Å². The minimum Gasteiger partial charge on any atom is -0.426 e. The van der Waals surface area contributed by atoms with Crippen LogP contribution in [0.15, 0.2) is 18.6 Å². The second-order valence-electron chi connectivity index (χ2n) is 6.98. The fourth-order valence-electron chi connectivity index (χ4n) is 2.98. The largest absolute Gasteiger partial charge is 0.475 e. The van der Waals surface area contributed by atoms with Gasteiger partial charge in [0.05, 0.1) is 31.8 Å². The van der Waals surface area contributed by atoms with E-state index in [4.69, 9.17) is 4.74 Å². The summed E-state index contributed by atoms with van der Waals surface area (Å²) in [6.07, 6.45) is 5.54. The van der Waals surface area contributed by atoms with Gasteiger partial charge >= 0.3 is 7.12 Å². The molecule has 12 heteroatoms. The number of amides is 3. The molecule has 0 aliphatic carbocycles.